The Labute approximate surface area is 128 Å². The Bertz CT molecular complexity index is 165. The zero-order valence-corrected chi connectivity index (χ0v) is 16.7. The van der Waals surface area contributed by atoms with E-state index >= 15 is 0 Å². The number of hydrogen-bond acceptors (Lipinski definition) is 2. The van der Waals surface area contributed by atoms with Crippen LogP contribution in [0.2, 0.25) is 13.3 Å². The van der Waals surface area contributed by atoms with Crippen LogP contribution >= 0.6 is 0 Å². The predicted octanol–water partition coefficient (Wildman–Crippen LogP) is 5.45. The molecule has 0 unspecified atom stereocenters. The summed E-state index contributed by atoms with van der Waals surface area (Å²) in [6.45, 7) is 10.7. The Balaban J connectivity index is 0. The summed E-state index contributed by atoms with van der Waals surface area (Å²) in [7, 11) is 0. The van der Waals surface area contributed by atoms with E-state index < -0.39 is 19.8 Å². The molecule has 0 aliphatic carbocycles. The first-order valence-electron chi connectivity index (χ1n) is 8.09. The third-order valence-electron chi connectivity index (χ3n) is 3.00. The number of carbonyl (C=O) groups is 1. The van der Waals surface area contributed by atoms with Crippen LogP contribution in [0.25, 0.3) is 0 Å². The minimum absolute atomic E-state index is 0.211. The van der Waals surface area contributed by atoms with Gasteiger partial charge in [0, 0.05) is 6.92 Å². The monoisotopic (exact) mass is 379 g/mol. The number of rotatable bonds is 10. The van der Waals surface area contributed by atoms with Crippen molar-refractivity contribution in [2.75, 3.05) is 6.61 Å². The van der Waals surface area contributed by atoms with E-state index in [2.05, 4.69) is 25.5 Å². The average Bonchev–Trinajstić information content (AvgIpc) is 2.38. The maximum Gasteiger partial charge on any atom is 0.302 e. The van der Waals surface area contributed by atoms with Crippen molar-refractivity contribution < 1.29 is 9.53 Å². The summed E-state index contributed by atoms with van der Waals surface area (Å²) in [6.07, 6.45) is 8.85. The minimum Gasteiger partial charge on any atom is -0.466 e. The van der Waals surface area contributed by atoms with Gasteiger partial charge in [-0.15, -0.1) is 0 Å². The molecule has 0 atom stereocenters. The van der Waals surface area contributed by atoms with E-state index in [0.29, 0.717) is 6.61 Å². The normalized spacial score (nSPS) is 10.0. The van der Waals surface area contributed by atoms with Crippen molar-refractivity contribution >= 4 is 25.7 Å². The van der Waals surface area contributed by atoms with Crippen molar-refractivity contribution in [3.8, 4) is 0 Å². The number of carbonyl (C=O) groups excluding carboxylic acids is 1. The third-order valence-corrected chi connectivity index (χ3v) is 12.1. The Morgan fingerprint density at radius 2 is 1.21 bits per heavy atom. The van der Waals surface area contributed by atoms with Gasteiger partial charge in [0.1, 0.15) is 0 Å². The topological polar surface area (TPSA) is 26.3 Å². The molecule has 3 heteroatoms. The van der Waals surface area contributed by atoms with Crippen LogP contribution in [0.5, 0.6) is 0 Å². The smallest absolute Gasteiger partial charge is 0.302 e. The Morgan fingerprint density at radius 1 is 0.842 bits per heavy atom. The van der Waals surface area contributed by atoms with Gasteiger partial charge < -0.3 is 4.74 Å². The Morgan fingerprint density at radius 3 is 1.37 bits per heavy atom. The first kappa shape index (κ1) is 21.6. The fourth-order valence-corrected chi connectivity index (χ4v) is 11.3. The molecular weight excluding hydrogens is 343 g/mol. The molecule has 0 aromatic heterocycles. The summed E-state index contributed by atoms with van der Waals surface area (Å²) >= 11 is -0.839. The van der Waals surface area contributed by atoms with Gasteiger partial charge in [-0.1, -0.05) is 0 Å². The van der Waals surface area contributed by atoms with Crippen LogP contribution in [0.15, 0.2) is 0 Å². The maximum atomic E-state index is 9.82. The van der Waals surface area contributed by atoms with E-state index in [9.17, 15) is 4.79 Å². The molecule has 19 heavy (non-hydrogen) atoms. The second-order valence-corrected chi connectivity index (χ2v) is 13.5. The SMILES string of the molecule is CCC[CH2][Sn]([CH2]CCC)[CH2]CCC.CCOC(C)=O. The molecule has 115 valence electrons. The van der Waals surface area contributed by atoms with E-state index in [1.165, 1.54) is 45.4 Å². The van der Waals surface area contributed by atoms with Crippen molar-refractivity contribution in [2.45, 2.75) is 86.5 Å². The Kier molecular flexibility index (Phi) is 20.7. The van der Waals surface area contributed by atoms with Gasteiger partial charge in [0.25, 0.3) is 0 Å². The number of ether oxygens (including phenoxy) is 1. The predicted molar refractivity (Wildman–Crippen MR) is 87.2 cm³/mol. The van der Waals surface area contributed by atoms with Crippen LogP contribution in [0.4, 0.5) is 0 Å². The first-order chi connectivity index (χ1) is 9.12. The standard InChI is InChI=1S/C4H8O2.3C4H9.Sn/c1-3-6-4(2)5;3*1-3-4-2;/h3H2,1-2H3;3*1,3-4H2,2H3;. The van der Waals surface area contributed by atoms with Crippen molar-refractivity contribution in [1.29, 1.82) is 0 Å². The number of hydrogen-bond donors (Lipinski definition) is 0. The summed E-state index contributed by atoms with van der Waals surface area (Å²) in [5.74, 6) is -0.211. The van der Waals surface area contributed by atoms with Crippen molar-refractivity contribution in [2.24, 2.45) is 0 Å². The van der Waals surface area contributed by atoms with Gasteiger partial charge in [-0.25, -0.2) is 0 Å². The second kappa shape index (κ2) is 18.3. The molecule has 0 saturated carbocycles. The maximum absolute atomic E-state index is 9.82. The van der Waals surface area contributed by atoms with Crippen molar-refractivity contribution in [3.63, 3.8) is 0 Å². The van der Waals surface area contributed by atoms with Crippen LogP contribution < -0.4 is 0 Å². The second-order valence-electron chi connectivity index (χ2n) is 4.99. The minimum atomic E-state index is -0.839. The van der Waals surface area contributed by atoms with Gasteiger partial charge in [-0.3, -0.25) is 4.79 Å². The van der Waals surface area contributed by atoms with Crippen molar-refractivity contribution in [3.05, 3.63) is 0 Å². The van der Waals surface area contributed by atoms with E-state index in [-0.39, 0.29) is 5.97 Å². The molecule has 2 nitrogen and oxygen atoms in total. The fraction of sp³-hybridized carbons (Fsp3) is 0.938. The zero-order chi connectivity index (χ0) is 14.9. The van der Waals surface area contributed by atoms with E-state index in [0.717, 1.165) is 0 Å². The van der Waals surface area contributed by atoms with Gasteiger partial charge in [0.05, 0.1) is 6.61 Å². The molecule has 0 N–H and O–H groups in total. The van der Waals surface area contributed by atoms with Crippen LogP contribution in [-0.2, 0) is 9.53 Å². The van der Waals surface area contributed by atoms with Crippen LogP contribution in [0, 0.1) is 0 Å². The van der Waals surface area contributed by atoms with Gasteiger partial charge >= 0.3 is 98.3 Å². The molecule has 0 bridgehead atoms. The molecule has 0 aliphatic heterocycles. The fourth-order valence-electron chi connectivity index (χ4n) is 1.86. The van der Waals surface area contributed by atoms with Gasteiger partial charge in [-0.05, 0) is 6.92 Å². The van der Waals surface area contributed by atoms with E-state index in [1.807, 2.05) is 0 Å². The van der Waals surface area contributed by atoms with Gasteiger partial charge in [0.2, 0.25) is 0 Å². The van der Waals surface area contributed by atoms with Crippen molar-refractivity contribution in [1.82, 2.24) is 0 Å². The Hall–Kier alpha value is 0.269. The number of esters is 1. The molecule has 0 aromatic rings. The molecule has 0 spiro atoms. The molecule has 0 amide bonds. The summed E-state index contributed by atoms with van der Waals surface area (Å²) < 4.78 is 9.44. The zero-order valence-electron chi connectivity index (χ0n) is 13.9. The third kappa shape index (κ3) is 20.7. The average molecular weight is 378 g/mol. The summed E-state index contributed by atoms with van der Waals surface area (Å²) in [5.41, 5.74) is 0. The first-order valence-corrected chi connectivity index (χ1v) is 14.1. The van der Waals surface area contributed by atoms with Crippen LogP contribution in [0.1, 0.15) is 73.1 Å². The molecule has 1 radical (unpaired) electrons. The van der Waals surface area contributed by atoms with Crippen LogP contribution in [-0.4, -0.2) is 32.3 Å². The molecule has 0 heterocycles. The van der Waals surface area contributed by atoms with Crippen LogP contribution in [0.3, 0.4) is 0 Å². The molecule has 0 rings (SSSR count). The summed E-state index contributed by atoms with van der Waals surface area (Å²) in [6, 6.07) is 0. The van der Waals surface area contributed by atoms with Gasteiger partial charge in [-0.2, -0.15) is 0 Å². The van der Waals surface area contributed by atoms with Gasteiger partial charge in [0.15, 0.2) is 0 Å². The molecule has 0 aromatic carbocycles. The molecule has 0 saturated heterocycles. The summed E-state index contributed by atoms with van der Waals surface area (Å²) in [5, 5.41) is 0. The summed E-state index contributed by atoms with van der Waals surface area (Å²) in [4.78, 5) is 9.82. The van der Waals surface area contributed by atoms with E-state index in [1.54, 1.807) is 20.2 Å². The number of unbranched alkanes of at least 4 members (excludes halogenated alkanes) is 3. The molecule has 0 aliphatic rings. The quantitative estimate of drug-likeness (QED) is 0.373. The molecule has 0 fully saturated rings. The largest absolute Gasteiger partial charge is 0.466 e. The van der Waals surface area contributed by atoms with E-state index in [4.69, 9.17) is 0 Å². The molecular formula is C16H35O2Sn.